The van der Waals surface area contributed by atoms with Gasteiger partial charge in [-0.1, -0.05) is 13.8 Å². The molecule has 0 aromatic carbocycles. The van der Waals surface area contributed by atoms with Crippen molar-refractivity contribution < 1.29 is 0 Å². The lowest BCUT2D eigenvalue weighted by atomic mass is 10.0. The number of nitrogens with zero attached hydrogens (tertiary/aromatic N) is 1. The first kappa shape index (κ1) is 13.1. The third kappa shape index (κ3) is 3.30. The predicted molar refractivity (Wildman–Crippen MR) is 75.6 cm³/mol. The molecule has 0 saturated carbocycles. The van der Waals surface area contributed by atoms with Crippen LogP contribution in [-0.2, 0) is 0 Å². The molecule has 1 saturated heterocycles. The number of rotatable bonds is 3. The summed E-state index contributed by atoms with van der Waals surface area (Å²) in [6, 6.07) is 3.46. The van der Waals surface area contributed by atoms with Crippen LogP contribution in [0.25, 0.3) is 0 Å². The Morgan fingerprint density at radius 2 is 2.24 bits per heavy atom. The average Bonchev–Trinajstić information content (AvgIpc) is 2.71. The molecule has 3 heteroatoms. The molecule has 1 aromatic rings. The van der Waals surface area contributed by atoms with E-state index in [0.29, 0.717) is 18.0 Å². The molecule has 1 fully saturated rings. The number of nitrogens with one attached hydrogen (secondary N) is 1. The van der Waals surface area contributed by atoms with Crippen LogP contribution in [0.3, 0.4) is 0 Å². The molecule has 1 aromatic heterocycles. The van der Waals surface area contributed by atoms with Gasteiger partial charge >= 0.3 is 0 Å². The van der Waals surface area contributed by atoms with Gasteiger partial charge in [-0.15, -0.1) is 0 Å². The maximum absolute atomic E-state index is 3.67. The van der Waals surface area contributed by atoms with Gasteiger partial charge < -0.3 is 5.32 Å². The third-order valence-electron chi connectivity index (χ3n) is 3.84. The molecule has 2 rings (SSSR count). The van der Waals surface area contributed by atoms with Gasteiger partial charge in [0.15, 0.2) is 0 Å². The maximum Gasteiger partial charge on any atom is 0.0328 e. The summed E-state index contributed by atoms with van der Waals surface area (Å²) in [4.78, 5) is 2.63. The van der Waals surface area contributed by atoms with Crippen LogP contribution >= 0.6 is 11.3 Å². The second-order valence-corrected chi connectivity index (χ2v) is 6.17. The van der Waals surface area contributed by atoms with Crippen LogP contribution in [0, 0.1) is 5.92 Å². The highest BCUT2D eigenvalue weighted by atomic mass is 32.1. The molecular formula is C14H24N2S. The van der Waals surface area contributed by atoms with Crippen molar-refractivity contribution in [1.29, 1.82) is 0 Å². The van der Waals surface area contributed by atoms with Gasteiger partial charge in [-0.2, -0.15) is 11.3 Å². The quantitative estimate of drug-likeness (QED) is 0.889. The van der Waals surface area contributed by atoms with Crippen molar-refractivity contribution in [2.24, 2.45) is 5.92 Å². The van der Waals surface area contributed by atoms with Gasteiger partial charge in [0.1, 0.15) is 0 Å². The Kier molecular flexibility index (Phi) is 4.60. The minimum atomic E-state index is 0.558. The molecule has 0 amide bonds. The molecule has 0 bridgehead atoms. The summed E-state index contributed by atoms with van der Waals surface area (Å²) in [6.07, 6.45) is 1.26. The molecule has 2 unspecified atom stereocenters. The van der Waals surface area contributed by atoms with Crippen LogP contribution in [0.15, 0.2) is 16.8 Å². The topological polar surface area (TPSA) is 15.3 Å². The van der Waals surface area contributed by atoms with E-state index in [1.807, 2.05) is 0 Å². The van der Waals surface area contributed by atoms with Crippen LogP contribution in [0.1, 0.15) is 38.8 Å². The van der Waals surface area contributed by atoms with E-state index >= 15 is 0 Å². The van der Waals surface area contributed by atoms with E-state index in [-0.39, 0.29) is 0 Å². The van der Waals surface area contributed by atoms with Crippen molar-refractivity contribution in [3.8, 4) is 0 Å². The largest absolute Gasteiger partial charge is 0.312 e. The highest BCUT2D eigenvalue weighted by Gasteiger charge is 2.24. The normalized spacial score (nSPS) is 24.8. The van der Waals surface area contributed by atoms with Crippen molar-refractivity contribution in [2.45, 2.75) is 39.3 Å². The summed E-state index contributed by atoms with van der Waals surface area (Å²) >= 11 is 1.80. The summed E-state index contributed by atoms with van der Waals surface area (Å²) < 4.78 is 0. The molecule has 1 aliphatic rings. The van der Waals surface area contributed by atoms with Gasteiger partial charge in [0.2, 0.25) is 0 Å². The molecular weight excluding hydrogens is 228 g/mol. The van der Waals surface area contributed by atoms with Crippen LogP contribution < -0.4 is 5.32 Å². The number of thiophene rings is 1. The van der Waals surface area contributed by atoms with Crippen molar-refractivity contribution in [1.82, 2.24) is 10.2 Å². The zero-order valence-corrected chi connectivity index (χ0v) is 12.0. The van der Waals surface area contributed by atoms with E-state index in [2.05, 4.69) is 47.8 Å². The summed E-state index contributed by atoms with van der Waals surface area (Å²) in [5.74, 6) is 0.713. The molecule has 0 radical (unpaired) electrons. The second-order valence-electron chi connectivity index (χ2n) is 5.39. The van der Waals surface area contributed by atoms with Crippen LogP contribution in [-0.4, -0.2) is 30.6 Å². The molecule has 1 N–H and O–H groups in total. The van der Waals surface area contributed by atoms with E-state index in [4.69, 9.17) is 0 Å². The van der Waals surface area contributed by atoms with Crippen molar-refractivity contribution in [2.75, 3.05) is 19.6 Å². The Balaban J connectivity index is 2.03. The fourth-order valence-corrected chi connectivity index (χ4v) is 3.25. The number of hydrogen-bond donors (Lipinski definition) is 1. The van der Waals surface area contributed by atoms with Crippen LogP contribution in [0.2, 0.25) is 0 Å². The van der Waals surface area contributed by atoms with Gasteiger partial charge in [-0.3, -0.25) is 4.90 Å². The first-order chi connectivity index (χ1) is 8.18. The van der Waals surface area contributed by atoms with E-state index < -0.39 is 0 Å². The van der Waals surface area contributed by atoms with Crippen molar-refractivity contribution >= 4 is 11.3 Å². The predicted octanol–water partition coefficient (Wildman–Crippen LogP) is 3.13. The summed E-state index contributed by atoms with van der Waals surface area (Å²) in [5, 5.41) is 8.14. The molecule has 17 heavy (non-hydrogen) atoms. The van der Waals surface area contributed by atoms with Gasteiger partial charge in [0.05, 0.1) is 0 Å². The van der Waals surface area contributed by atoms with E-state index in [1.165, 1.54) is 25.1 Å². The highest BCUT2D eigenvalue weighted by molar-refractivity contribution is 7.07. The highest BCUT2D eigenvalue weighted by Crippen LogP contribution is 2.24. The standard InChI is InChI=1S/C14H24N2S/c1-11(2)14-9-16(7-4-6-15-14)12(3)13-5-8-17-10-13/h5,8,10-12,14-15H,4,6-7,9H2,1-3H3. The summed E-state index contributed by atoms with van der Waals surface area (Å²) in [6.45, 7) is 10.5. The fraction of sp³-hybridized carbons (Fsp3) is 0.714. The Bertz CT molecular complexity index is 321. The smallest absolute Gasteiger partial charge is 0.0328 e. The second kappa shape index (κ2) is 5.98. The van der Waals surface area contributed by atoms with Gasteiger partial charge in [-0.05, 0) is 48.2 Å². The summed E-state index contributed by atoms with van der Waals surface area (Å²) in [5.41, 5.74) is 1.47. The van der Waals surface area contributed by atoms with E-state index in [1.54, 1.807) is 11.3 Å². The molecule has 0 aliphatic carbocycles. The first-order valence-electron chi connectivity index (χ1n) is 6.68. The van der Waals surface area contributed by atoms with E-state index in [9.17, 15) is 0 Å². The minimum absolute atomic E-state index is 0.558. The molecule has 96 valence electrons. The molecule has 2 heterocycles. The maximum atomic E-state index is 3.67. The Morgan fingerprint density at radius 3 is 2.88 bits per heavy atom. The Morgan fingerprint density at radius 1 is 1.41 bits per heavy atom. The molecule has 0 spiro atoms. The third-order valence-corrected chi connectivity index (χ3v) is 4.54. The monoisotopic (exact) mass is 252 g/mol. The lowest BCUT2D eigenvalue weighted by Gasteiger charge is -2.31. The van der Waals surface area contributed by atoms with E-state index in [0.717, 1.165) is 6.54 Å². The summed E-state index contributed by atoms with van der Waals surface area (Å²) in [7, 11) is 0. The Labute approximate surface area is 109 Å². The van der Waals surface area contributed by atoms with Crippen molar-refractivity contribution in [3.05, 3.63) is 22.4 Å². The Hall–Kier alpha value is -0.380. The zero-order valence-electron chi connectivity index (χ0n) is 11.1. The first-order valence-corrected chi connectivity index (χ1v) is 7.62. The van der Waals surface area contributed by atoms with Gasteiger partial charge in [0.25, 0.3) is 0 Å². The van der Waals surface area contributed by atoms with Crippen molar-refractivity contribution in [3.63, 3.8) is 0 Å². The average molecular weight is 252 g/mol. The lowest BCUT2D eigenvalue weighted by molar-refractivity contribution is 0.193. The number of hydrogen-bond acceptors (Lipinski definition) is 3. The SMILES string of the molecule is CC(C)C1CN(C(C)c2ccsc2)CCCN1. The minimum Gasteiger partial charge on any atom is -0.312 e. The van der Waals surface area contributed by atoms with Gasteiger partial charge in [0, 0.05) is 25.2 Å². The van der Waals surface area contributed by atoms with Crippen LogP contribution in [0.5, 0.6) is 0 Å². The van der Waals surface area contributed by atoms with Gasteiger partial charge in [-0.25, -0.2) is 0 Å². The van der Waals surface area contributed by atoms with Crippen LogP contribution in [0.4, 0.5) is 0 Å². The molecule has 1 aliphatic heterocycles. The zero-order chi connectivity index (χ0) is 12.3. The molecule has 2 nitrogen and oxygen atoms in total. The molecule has 2 atom stereocenters. The fourth-order valence-electron chi connectivity index (χ4n) is 2.50. The lowest BCUT2D eigenvalue weighted by Crippen LogP contribution is -2.41.